The van der Waals surface area contributed by atoms with E-state index in [1.807, 2.05) is 0 Å². The number of hydrogen-bond donors (Lipinski definition) is 1. The SMILES string of the molecule is COC(=O)c1cc(NC(=O)c2cccc(Cl)c2)c(=O)oc1C. The second kappa shape index (κ2) is 6.44. The summed E-state index contributed by atoms with van der Waals surface area (Å²) in [5.41, 5.74) is -0.591. The number of anilines is 1. The van der Waals surface area contributed by atoms with Crippen molar-refractivity contribution in [2.45, 2.75) is 6.92 Å². The molecule has 1 heterocycles. The van der Waals surface area contributed by atoms with Gasteiger partial charge in [0.1, 0.15) is 17.0 Å². The average molecular weight is 322 g/mol. The zero-order valence-electron chi connectivity index (χ0n) is 11.8. The van der Waals surface area contributed by atoms with Gasteiger partial charge in [0.05, 0.1) is 7.11 Å². The van der Waals surface area contributed by atoms with Gasteiger partial charge in [-0.1, -0.05) is 17.7 Å². The van der Waals surface area contributed by atoms with Crippen LogP contribution in [0.4, 0.5) is 5.69 Å². The Balaban J connectivity index is 2.35. The molecule has 2 rings (SSSR count). The van der Waals surface area contributed by atoms with Crippen molar-refractivity contribution in [1.29, 1.82) is 0 Å². The number of aryl methyl sites for hydroxylation is 1. The van der Waals surface area contributed by atoms with Gasteiger partial charge >= 0.3 is 11.6 Å². The van der Waals surface area contributed by atoms with Gasteiger partial charge in [-0.25, -0.2) is 9.59 Å². The number of esters is 1. The molecule has 0 saturated carbocycles. The van der Waals surface area contributed by atoms with Crippen molar-refractivity contribution in [3.8, 4) is 0 Å². The Bertz CT molecular complexity index is 797. The van der Waals surface area contributed by atoms with Crippen LogP contribution in [0.25, 0.3) is 0 Å². The smallest absolute Gasteiger partial charge is 0.359 e. The molecule has 22 heavy (non-hydrogen) atoms. The maximum Gasteiger partial charge on any atom is 0.359 e. The molecule has 1 aromatic carbocycles. The summed E-state index contributed by atoms with van der Waals surface area (Å²) in [5.74, 6) is -1.11. The van der Waals surface area contributed by atoms with Gasteiger partial charge in [0.15, 0.2) is 0 Å². The number of amides is 1. The number of hydrogen-bond acceptors (Lipinski definition) is 5. The molecule has 0 spiro atoms. The summed E-state index contributed by atoms with van der Waals surface area (Å²) in [4.78, 5) is 35.4. The fourth-order valence-electron chi connectivity index (χ4n) is 1.78. The van der Waals surface area contributed by atoms with Crippen LogP contribution >= 0.6 is 11.6 Å². The van der Waals surface area contributed by atoms with Crippen molar-refractivity contribution in [3.63, 3.8) is 0 Å². The van der Waals surface area contributed by atoms with E-state index in [0.717, 1.165) is 0 Å². The van der Waals surface area contributed by atoms with E-state index >= 15 is 0 Å². The third-order valence-corrected chi connectivity index (χ3v) is 3.11. The van der Waals surface area contributed by atoms with Gasteiger partial charge in [0.2, 0.25) is 0 Å². The summed E-state index contributed by atoms with van der Waals surface area (Å²) in [6.45, 7) is 1.45. The molecule has 0 saturated heterocycles. The zero-order chi connectivity index (χ0) is 16.3. The second-order valence-electron chi connectivity index (χ2n) is 4.37. The van der Waals surface area contributed by atoms with E-state index < -0.39 is 17.5 Å². The first-order valence-corrected chi connectivity index (χ1v) is 6.60. The van der Waals surface area contributed by atoms with E-state index in [1.165, 1.54) is 32.2 Å². The minimum atomic E-state index is -0.763. The maximum absolute atomic E-state index is 12.1. The van der Waals surface area contributed by atoms with E-state index in [9.17, 15) is 14.4 Å². The van der Waals surface area contributed by atoms with Crippen LogP contribution in [-0.2, 0) is 4.74 Å². The fraction of sp³-hybridized carbons (Fsp3) is 0.133. The third-order valence-electron chi connectivity index (χ3n) is 2.87. The molecule has 0 aliphatic heterocycles. The molecular weight excluding hydrogens is 310 g/mol. The number of nitrogens with one attached hydrogen (secondary N) is 1. The first-order valence-electron chi connectivity index (χ1n) is 6.22. The number of methoxy groups -OCH3 is 1. The van der Waals surface area contributed by atoms with Crippen LogP contribution in [0.3, 0.4) is 0 Å². The number of ether oxygens (including phenoxy) is 1. The Kier molecular flexibility index (Phi) is 4.62. The fourth-order valence-corrected chi connectivity index (χ4v) is 1.97. The molecule has 0 bridgehead atoms. The second-order valence-corrected chi connectivity index (χ2v) is 4.81. The van der Waals surface area contributed by atoms with E-state index in [2.05, 4.69) is 10.1 Å². The molecule has 0 aliphatic rings. The molecule has 114 valence electrons. The molecule has 0 atom stereocenters. The molecule has 0 unspecified atom stereocenters. The highest BCUT2D eigenvalue weighted by Crippen LogP contribution is 2.15. The minimum Gasteiger partial charge on any atom is -0.465 e. The van der Waals surface area contributed by atoms with Crippen LogP contribution in [0.2, 0.25) is 5.02 Å². The molecule has 7 heteroatoms. The van der Waals surface area contributed by atoms with E-state index in [1.54, 1.807) is 12.1 Å². The van der Waals surface area contributed by atoms with Gasteiger partial charge in [0.25, 0.3) is 5.91 Å². The number of halogens is 1. The van der Waals surface area contributed by atoms with Gasteiger partial charge in [0, 0.05) is 10.6 Å². The quantitative estimate of drug-likeness (QED) is 0.878. The molecule has 1 amide bonds. The summed E-state index contributed by atoms with van der Waals surface area (Å²) in [6.07, 6.45) is 0. The highest BCUT2D eigenvalue weighted by Gasteiger charge is 2.17. The monoisotopic (exact) mass is 321 g/mol. The average Bonchev–Trinajstić information content (AvgIpc) is 2.49. The summed E-state index contributed by atoms with van der Waals surface area (Å²) in [7, 11) is 1.21. The lowest BCUT2D eigenvalue weighted by atomic mass is 10.2. The van der Waals surface area contributed by atoms with Crippen LogP contribution in [-0.4, -0.2) is 19.0 Å². The van der Waals surface area contributed by atoms with Gasteiger partial charge in [-0.05, 0) is 31.2 Å². The Morgan fingerprint density at radius 1 is 1.27 bits per heavy atom. The molecule has 6 nitrogen and oxygen atoms in total. The van der Waals surface area contributed by atoms with E-state index in [-0.39, 0.29) is 22.6 Å². The Hall–Kier alpha value is -2.60. The Labute approximate surface area is 130 Å². The molecule has 2 aromatic rings. The molecule has 0 aliphatic carbocycles. The van der Waals surface area contributed by atoms with Crippen molar-refractivity contribution in [3.05, 3.63) is 62.7 Å². The van der Waals surface area contributed by atoms with Crippen molar-refractivity contribution in [2.75, 3.05) is 12.4 Å². The van der Waals surface area contributed by atoms with Crippen LogP contribution in [0.15, 0.2) is 39.5 Å². The standard InChI is InChI=1S/C15H12ClNO5/c1-8-11(14(19)21-2)7-12(15(20)22-8)17-13(18)9-4-3-5-10(16)6-9/h3-7H,1-2H3,(H,17,18). The van der Waals surface area contributed by atoms with Crippen LogP contribution < -0.4 is 10.9 Å². The largest absolute Gasteiger partial charge is 0.465 e. The molecule has 0 fully saturated rings. The van der Waals surface area contributed by atoms with Crippen molar-refractivity contribution < 1.29 is 18.7 Å². The lowest BCUT2D eigenvalue weighted by Gasteiger charge is -2.07. The van der Waals surface area contributed by atoms with Gasteiger partial charge in [-0.3, -0.25) is 4.79 Å². The van der Waals surface area contributed by atoms with Gasteiger partial charge in [-0.15, -0.1) is 0 Å². The van der Waals surface area contributed by atoms with Crippen molar-refractivity contribution in [1.82, 2.24) is 0 Å². The zero-order valence-corrected chi connectivity index (χ0v) is 12.6. The van der Waals surface area contributed by atoms with Crippen LogP contribution in [0, 0.1) is 6.92 Å². The van der Waals surface area contributed by atoms with Crippen molar-refractivity contribution in [2.24, 2.45) is 0 Å². The number of carbonyl (C=O) groups excluding carboxylic acids is 2. The highest BCUT2D eigenvalue weighted by atomic mass is 35.5. The first kappa shape index (κ1) is 15.8. The lowest BCUT2D eigenvalue weighted by Crippen LogP contribution is -2.19. The van der Waals surface area contributed by atoms with E-state index in [4.69, 9.17) is 16.0 Å². The van der Waals surface area contributed by atoms with Gasteiger partial charge in [-0.2, -0.15) is 0 Å². The molecular formula is C15H12ClNO5. The van der Waals surface area contributed by atoms with E-state index in [0.29, 0.717) is 5.02 Å². The summed E-state index contributed by atoms with van der Waals surface area (Å²) in [6, 6.07) is 7.43. The maximum atomic E-state index is 12.1. The topological polar surface area (TPSA) is 85.6 Å². The number of carbonyl (C=O) groups is 2. The Morgan fingerprint density at radius 3 is 2.64 bits per heavy atom. The summed E-state index contributed by atoms with van der Waals surface area (Å²) < 4.78 is 9.51. The third kappa shape index (κ3) is 3.35. The lowest BCUT2D eigenvalue weighted by molar-refractivity contribution is 0.0596. The predicted molar refractivity (Wildman–Crippen MR) is 80.5 cm³/mol. The van der Waals surface area contributed by atoms with Crippen LogP contribution in [0.1, 0.15) is 26.5 Å². The van der Waals surface area contributed by atoms with Crippen LogP contribution in [0.5, 0.6) is 0 Å². The summed E-state index contributed by atoms with van der Waals surface area (Å²) in [5, 5.41) is 2.78. The summed E-state index contributed by atoms with van der Waals surface area (Å²) >= 11 is 5.81. The van der Waals surface area contributed by atoms with Crippen molar-refractivity contribution >= 4 is 29.2 Å². The number of rotatable bonds is 3. The normalized spacial score (nSPS) is 10.1. The minimum absolute atomic E-state index is 0.0588. The first-order chi connectivity index (χ1) is 10.4. The highest BCUT2D eigenvalue weighted by molar-refractivity contribution is 6.31. The Morgan fingerprint density at radius 2 is 2.00 bits per heavy atom. The molecule has 0 radical (unpaired) electrons. The molecule has 1 aromatic heterocycles. The predicted octanol–water partition coefficient (Wildman–Crippen LogP) is 2.64. The van der Waals surface area contributed by atoms with Gasteiger partial charge < -0.3 is 14.5 Å². The molecule has 1 N–H and O–H groups in total. The number of benzene rings is 1.